The summed E-state index contributed by atoms with van der Waals surface area (Å²) >= 11 is 0. The molecule has 1 spiro atoms. The molecule has 4 N–H and O–H groups in total. The monoisotopic (exact) mass is 1100 g/mol. The van der Waals surface area contributed by atoms with Crippen LogP contribution >= 0.6 is 0 Å². The molecule has 4 bridgehead atoms. The lowest BCUT2D eigenvalue weighted by Crippen LogP contribution is -2.82. The zero-order valence-corrected chi connectivity index (χ0v) is 48.1. The predicted octanol–water partition coefficient (Wildman–Crippen LogP) is 9.79. The van der Waals surface area contributed by atoms with Crippen LogP contribution in [0.3, 0.4) is 0 Å². The fourth-order valence-corrected chi connectivity index (χ4v) is 14.4. The van der Waals surface area contributed by atoms with Crippen LogP contribution in [-0.4, -0.2) is 123 Å². The maximum absolute atomic E-state index is 17.2. The number of carbonyl (C=O) groups is 3. The van der Waals surface area contributed by atoms with Crippen LogP contribution in [0.15, 0.2) is 126 Å². The molecular formula is C67H76N2O12. The molecule has 14 nitrogen and oxygen atoms in total. The van der Waals surface area contributed by atoms with Gasteiger partial charge in [0.25, 0.3) is 0 Å². The first-order valence-corrected chi connectivity index (χ1v) is 28.5. The van der Waals surface area contributed by atoms with E-state index in [9.17, 15) is 25.2 Å². The van der Waals surface area contributed by atoms with Crippen LogP contribution in [-0.2, 0) is 32.0 Å². The van der Waals surface area contributed by atoms with Crippen molar-refractivity contribution in [3.05, 3.63) is 148 Å². The number of carbonyl (C=O) groups excluding carboxylic acids is 3. The molecule has 5 aromatic carbocycles. The minimum atomic E-state index is -1.83. The number of hydrogen-bond donors (Lipinski definition) is 4. The van der Waals surface area contributed by atoms with E-state index in [-0.39, 0.29) is 41.6 Å². The maximum atomic E-state index is 17.2. The molecule has 1 amide bonds. The average molecular weight is 1100 g/mol. The topological polar surface area (TPSA) is 185 Å². The van der Waals surface area contributed by atoms with E-state index in [1.54, 1.807) is 24.9 Å². The first-order chi connectivity index (χ1) is 38.6. The molecular weight excluding hydrogens is 1020 g/mol. The number of aliphatic hydroxyl groups is 4. The van der Waals surface area contributed by atoms with Crippen molar-refractivity contribution in [2.45, 2.75) is 153 Å². The molecule has 4 heterocycles. The van der Waals surface area contributed by atoms with Gasteiger partial charge in [0.15, 0.2) is 22.8 Å². The van der Waals surface area contributed by atoms with Crippen LogP contribution in [0.5, 0.6) is 17.2 Å². The van der Waals surface area contributed by atoms with Gasteiger partial charge in [-0.2, -0.15) is 0 Å². The maximum Gasteiger partial charge on any atom is 0.249 e. The molecule has 7 unspecified atom stereocenters. The minimum absolute atomic E-state index is 0.0283. The van der Waals surface area contributed by atoms with Gasteiger partial charge in [-0.3, -0.25) is 14.4 Å². The second-order valence-corrected chi connectivity index (χ2v) is 24.6. The van der Waals surface area contributed by atoms with Crippen molar-refractivity contribution in [1.29, 1.82) is 0 Å². The van der Waals surface area contributed by atoms with Crippen LogP contribution in [0, 0.1) is 17.8 Å². The summed E-state index contributed by atoms with van der Waals surface area (Å²) < 4.78 is 35.5. The normalized spacial score (nSPS) is 30.4. The van der Waals surface area contributed by atoms with Gasteiger partial charge in [-0.05, 0) is 121 Å². The number of hydrogen-bond acceptors (Lipinski definition) is 13. The highest BCUT2D eigenvalue weighted by atomic mass is 16.7. The van der Waals surface area contributed by atoms with Crippen molar-refractivity contribution >= 4 is 50.8 Å². The molecule has 3 aliphatic carbocycles. The van der Waals surface area contributed by atoms with Crippen LogP contribution in [0.1, 0.15) is 108 Å². The third-order valence-corrected chi connectivity index (χ3v) is 18.3. The highest BCUT2D eigenvalue weighted by Gasteiger charge is 2.86. The largest absolute Gasteiger partial charge is 0.482 e. The van der Waals surface area contributed by atoms with E-state index < -0.39 is 89.3 Å². The number of Topliss-reactive ketones (excluding diaryl/α,β-unsaturated/α-hetero) is 2. The number of rotatable bonds is 15. The van der Waals surface area contributed by atoms with Crippen LogP contribution in [0.2, 0.25) is 0 Å². The minimum Gasteiger partial charge on any atom is -0.482 e. The molecule has 426 valence electrons. The van der Waals surface area contributed by atoms with Crippen LogP contribution < -0.4 is 19.1 Å². The molecule has 5 fully saturated rings. The van der Waals surface area contributed by atoms with Crippen molar-refractivity contribution in [3.8, 4) is 17.2 Å². The summed E-state index contributed by atoms with van der Waals surface area (Å²) in [7, 11) is 3.69. The highest BCUT2D eigenvalue weighted by molar-refractivity contribution is 6.11. The Morgan fingerprint density at radius 3 is 2.16 bits per heavy atom. The number of nitrogens with zero attached hydrogens (tertiary/aromatic N) is 2. The Kier molecular flexibility index (Phi) is 14.5. The number of aliphatic hydroxyl groups excluding tert-OH is 4. The molecule has 3 saturated carbocycles. The van der Waals surface area contributed by atoms with Gasteiger partial charge in [0, 0.05) is 61.1 Å². The number of benzene rings is 5. The number of anilines is 1. The summed E-state index contributed by atoms with van der Waals surface area (Å²) in [5.41, 5.74) is -0.188. The van der Waals surface area contributed by atoms with E-state index in [1.807, 2.05) is 159 Å². The molecule has 7 aliphatic rings. The van der Waals surface area contributed by atoms with E-state index in [0.29, 0.717) is 48.3 Å². The van der Waals surface area contributed by atoms with Gasteiger partial charge in [-0.1, -0.05) is 108 Å². The van der Waals surface area contributed by atoms with Gasteiger partial charge in [-0.25, -0.2) is 0 Å². The molecule has 0 aromatic heterocycles. The summed E-state index contributed by atoms with van der Waals surface area (Å²) in [5, 5.41) is 48.1. The molecule has 81 heavy (non-hydrogen) atoms. The van der Waals surface area contributed by atoms with Crippen molar-refractivity contribution in [3.63, 3.8) is 0 Å². The third kappa shape index (κ3) is 9.12. The Labute approximate surface area is 474 Å². The van der Waals surface area contributed by atoms with E-state index in [2.05, 4.69) is 11.0 Å². The molecule has 12 atom stereocenters. The first-order valence-electron chi connectivity index (χ1n) is 28.5. The van der Waals surface area contributed by atoms with Gasteiger partial charge >= 0.3 is 0 Å². The first kappa shape index (κ1) is 56.2. The quantitative estimate of drug-likeness (QED) is 0.0574. The average Bonchev–Trinajstić information content (AvgIpc) is 2.31. The second kappa shape index (κ2) is 21.0. The fourth-order valence-electron chi connectivity index (χ4n) is 14.4. The van der Waals surface area contributed by atoms with E-state index in [1.165, 1.54) is 0 Å². The Bertz CT molecular complexity index is 3470. The number of ether oxygens (including phenoxy) is 5. The van der Waals surface area contributed by atoms with Gasteiger partial charge < -0.3 is 53.9 Å². The Balaban J connectivity index is 1.13. The number of allylic oxidation sites excluding steroid dienone is 4. The Morgan fingerprint density at radius 2 is 1.46 bits per heavy atom. The van der Waals surface area contributed by atoms with Gasteiger partial charge in [0.1, 0.15) is 52.8 Å². The van der Waals surface area contributed by atoms with Crippen molar-refractivity contribution in [2.75, 3.05) is 25.6 Å². The standard InChI is InChI=1S/C67H76N2O12/c1-37(2)18-17-31-65(8)32-30-46-58(79-65)45(28-27-38(3)4)60-51(59(46)78-63-57(74)56(73)54(71)49(36-70)77-63)55(72)52-53(69(10)48-26-16-22-41-20-12-14-25-44(41)48)47-34-50-64(6,7)81-66(61(47)75,67(50,52)80-60)33-29-39(5)62(76)68(9)35-42-23-15-21-40-19-11-13-24-43(40)42/h11-16,18-27,29-30,32,47,49-50,52-54,56-57,63,70-71,73-74H,17,28,31,33-36H2,1-10H3/t47?,49-,50?,52?,53?,54-,56+,57-,63+,65?,66?,67?/m1/s1. The van der Waals surface area contributed by atoms with Crippen molar-refractivity contribution in [1.82, 2.24) is 4.90 Å². The lowest BCUT2D eigenvalue weighted by Gasteiger charge is -2.64. The smallest absolute Gasteiger partial charge is 0.249 e. The SMILES string of the molecule is CC(C)=CCCC1(C)C=Cc2c(c(CC=C(C)C)c3c(c2O[C@@H]2O[C@H](CO)[C@@H](O)[C@H](O)[C@H]2O)C(=O)C2C(N(C)c4cccc5ccccc45)C4CC5C(C)(C)OC(CC=C(C)C(=O)N(C)Cc6cccc7ccccc67)(C4=O)C25O3)O1. The van der Waals surface area contributed by atoms with Gasteiger partial charge in [-0.15, -0.1) is 0 Å². The lowest BCUT2D eigenvalue weighted by molar-refractivity contribution is -0.277. The third-order valence-electron chi connectivity index (χ3n) is 18.3. The molecule has 12 rings (SSSR count). The number of likely N-dealkylation sites (N-methyl/N-ethyl adjacent to an activating group) is 1. The Morgan fingerprint density at radius 1 is 0.790 bits per heavy atom. The molecule has 14 heteroatoms. The predicted molar refractivity (Wildman–Crippen MR) is 311 cm³/mol. The summed E-state index contributed by atoms with van der Waals surface area (Å²) in [6, 6.07) is 27.3. The van der Waals surface area contributed by atoms with Crippen molar-refractivity contribution in [2.24, 2.45) is 17.8 Å². The summed E-state index contributed by atoms with van der Waals surface area (Å²) in [5.74, 6) is -2.90. The van der Waals surface area contributed by atoms with Gasteiger partial charge in [0.2, 0.25) is 12.2 Å². The Hall–Kier alpha value is -6.65. The second-order valence-electron chi connectivity index (χ2n) is 24.6. The lowest BCUT2D eigenvalue weighted by atomic mass is 9.44. The summed E-state index contributed by atoms with van der Waals surface area (Å²) in [6.45, 7) is 15.3. The fraction of sp³-hybridized carbons (Fsp3) is 0.448. The van der Waals surface area contributed by atoms with Crippen LogP contribution in [0.25, 0.3) is 27.6 Å². The van der Waals surface area contributed by atoms with Crippen LogP contribution in [0.4, 0.5) is 5.69 Å². The van der Waals surface area contributed by atoms with Gasteiger partial charge in [0.05, 0.1) is 29.7 Å². The van der Waals surface area contributed by atoms with E-state index in [0.717, 1.165) is 43.9 Å². The molecule has 5 aromatic rings. The number of ketones is 2. The van der Waals surface area contributed by atoms with E-state index in [4.69, 9.17) is 23.7 Å². The number of fused-ring (bicyclic) bond motifs is 4. The zero-order chi connectivity index (χ0) is 57.7. The molecule has 4 aliphatic heterocycles. The van der Waals surface area contributed by atoms with E-state index >= 15 is 9.59 Å². The summed E-state index contributed by atoms with van der Waals surface area (Å²) in [6.07, 6.45) is 3.17. The van der Waals surface area contributed by atoms with Crippen molar-refractivity contribution < 1.29 is 58.5 Å². The highest BCUT2D eigenvalue weighted by Crippen LogP contribution is 2.71. The molecule has 2 saturated heterocycles. The summed E-state index contributed by atoms with van der Waals surface area (Å²) in [4.78, 5) is 51.9. The molecule has 0 radical (unpaired) electrons. The number of amides is 1. The zero-order valence-electron chi connectivity index (χ0n) is 48.1.